The van der Waals surface area contributed by atoms with Crippen molar-refractivity contribution in [1.29, 1.82) is 0 Å². The summed E-state index contributed by atoms with van der Waals surface area (Å²) in [6, 6.07) is 0. The predicted molar refractivity (Wildman–Crippen MR) is 28.4 cm³/mol. The first kappa shape index (κ1) is 4.77. The molecule has 2 fully saturated rings. The molecule has 1 radical (unpaired) electrons. The van der Waals surface area contributed by atoms with Crippen molar-refractivity contribution in [3.63, 3.8) is 0 Å². The maximum atomic E-state index is 5.19. The first-order chi connectivity index (χ1) is 3.70. The van der Waals surface area contributed by atoms with E-state index in [1.54, 1.807) is 0 Å². The maximum Gasteiger partial charge on any atom is 0.115 e. The molecule has 2 saturated heterocycles. The highest BCUT2D eigenvalue weighted by molar-refractivity contribution is 5.08. The highest BCUT2D eigenvalue weighted by Crippen LogP contribution is 2.42. The summed E-state index contributed by atoms with van der Waals surface area (Å²) in [6.07, 6.45) is 0.667. The molecule has 0 N–H and O–H groups in total. The molecule has 0 saturated carbocycles. The lowest BCUT2D eigenvalue weighted by molar-refractivity contribution is 0.304. The Bertz CT molecular complexity index is 116. The molecule has 0 aromatic carbocycles. The normalized spacial score (nSPS) is 48.8. The monoisotopic (exact) mass is 113 g/mol. The van der Waals surface area contributed by atoms with E-state index in [0.29, 0.717) is 12.2 Å². The van der Waals surface area contributed by atoms with E-state index in [2.05, 4.69) is 6.92 Å². The van der Waals surface area contributed by atoms with Crippen LogP contribution < -0.4 is 0 Å². The van der Waals surface area contributed by atoms with Crippen molar-refractivity contribution >= 4 is 0 Å². The van der Waals surface area contributed by atoms with Crippen LogP contribution in [0.5, 0.6) is 0 Å². The summed E-state index contributed by atoms with van der Waals surface area (Å²) in [4.78, 5) is 0. The summed E-state index contributed by atoms with van der Waals surface area (Å²) in [5.41, 5.74) is -0.124. The summed E-state index contributed by atoms with van der Waals surface area (Å²) in [6.45, 7) is 6.68. The van der Waals surface area contributed by atoms with Gasteiger partial charge in [-0.15, -0.1) is 0 Å². The van der Waals surface area contributed by atoms with Crippen LogP contribution in [0, 0.1) is 6.92 Å². The number of epoxide rings is 2. The molecule has 2 nitrogen and oxygen atoms in total. The van der Waals surface area contributed by atoms with Crippen LogP contribution in [0.4, 0.5) is 0 Å². The van der Waals surface area contributed by atoms with E-state index in [4.69, 9.17) is 9.47 Å². The maximum absolute atomic E-state index is 5.19. The molecule has 0 aromatic heterocycles. The average Bonchev–Trinajstić information content (AvgIpc) is 2.37. The van der Waals surface area contributed by atoms with Crippen molar-refractivity contribution in [3.8, 4) is 0 Å². The van der Waals surface area contributed by atoms with Crippen molar-refractivity contribution in [2.75, 3.05) is 6.61 Å². The third-order valence-electron chi connectivity index (χ3n) is 1.64. The molecule has 0 bridgehead atoms. The molecule has 8 heavy (non-hydrogen) atoms. The summed E-state index contributed by atoms with van der Waals surface area (Å²) in [5, 5.41) is 0. The number of rotatable bonds is 1. The van der Waals surface area contributed by atoms with Gasteiger partial charge < -0.3 is 9.47 Å². The molecule has 3 unspecified atom stereocenters. The Morgan fingerprint density at radius 2 is 2.25 bits per heavy atom. The molecule has 2 heterocycles. The summed E-state index contributed by atoms with van der Waals surface area (Å²) in [7, 11) is 0. The second-order valence-electron chi connectivity index (χ2n) is 2.72. The average molecular weight is 113 g/mol. The number of hydrogen-bond acceptors (Lipinski definition) is 2. The van der Waals surface area contributed by atoms with Crippen LogP contribution >= 0.6 is 0 Å². The van der Waals surface area contributed by atoms with Crippen LogP contribution in [0.25, 0.3) is 0 Å². The topological polar surface area (TPSA) is 25.1 Å². The van der Waals surface area contributed by atoms with E-state index in [1.807, 2.05) is 6.92 Å². The second-order valence-corrected chi connectivity index (χ2v) is 2.72. The quantitative estimate of drug-likeness (QED) is 0.459. The van der Waals surface area contributed by atoms with Crippen molar-refractivity contribution in [2.24, 2.45) is 0 Å². The number of ether oxygens (including phenoxy) is 2. The van der Waals surface area contributed by atoms with Gasteiger partial charge in [-0.05, 0) is 13.8 Å². The van der Waals surface area contributed by atoms with Gasteiger partial charge in [0.1, 0.15) is 12.2 Å². The molecule has 3 atom stereocenters. The first-order valence-corrected chi connectivity index (χ1v) is 2.85. The fourth-order valence-electron chi connectivity index (χ4n) is 0.955. The Balaban J connectivity index is 1.95. The zero-order valence-corrected chi connectivity index (χ0v) is 4.89. The van der Waals surface area contributed by atoms with Gasteiger partial charge in [0, 0.05) is 0 Å². The Kier molecular flexibility index (Phi) is 0.649. The molecule has 2 aliphatic heterocycles. The van der Waals surface area contributed by atoms with Crippen LogP contribution in [-0.2, 0) is 9.47 Å². The van der Waals surface area contributed by atoms with Gasteiger partial charge in [0.05, 0.1) is 12.2 Å². The van der Waals surface area contributed by atoms with Crippen molar-refractivity contribution in [2.45, 2.75) is 24.7 Å². The van der Waals surface area contributed by atoms with Gasteiger partial charge in [-0.2, -0.15) is 0 Å². The Morgan fingerprint density at radius 1 is 1.75 bits per heavy atom. The zero-order chi connectivity index (χ0) is 5.78. The Labute approximate surface area is 48.8 Å². The van der Waals surface area contributed by atoms with Crippen LogP contribution in [0.1, 0.15) is 6.92 Å². The third-order valence-corrected chi connectivity index (χ3v) is 1.64. The molecule has 2 rings (SSSR count). The number of hydrogen-bond donors (Lipinski definition) is 0. The minimum Gasteiger partial charge on any atom is -0.370 e. The van der Waals surface area contributed by atoms with E-state index < -0.39 is 0 Å². The molecular weight excluding hydrogens is 104 g/mol. The Hall–Kier alpha value is -0.0800. The molecule has 0 spiro atoms. The lowest BCUT2D eigenvalue weighted by Crippen LogP contribution is -2.08. The smallest absolute Gasteiger partial charge is 0.115 e. The van der Waals surface area contributed by atoms with Gasteiger partial charge in [0.25, 0.3) is 0 Å². The Morgan fingerprint density at radius 3 is 2.38 bits per heavy atom. The SMILES string of the molecule is [CH2]C1(C)OC1C1CO1. The molecule has 45 valence electrons. The lowest BCUT2D eigenvalue weighted by Gasteiger charge is -1.87. The zero-order valence-electron chi connectivity index (χ0n) is 4.89. The molecule has 0 aliphatic carbocycles. The van der Waals surface area contributed by atoms with Gasteiger partial charge in [0.2, 0.25) is 0 Å². The molecule has 2 heteroatoms. The van der Waals surface area contributed by atoms with Crippen molar-refractivity contribution < 1.29 is 9.47 Å². The fraction of sp³-hybridized carbons (Fsp3) is 0.833. The van der Waals surface area contributed by atoms with E-state index in [-0.39, 0.29) is 5.60 Å². The highest BCUT2D eigenvalue weighted by atomic mass is 16.7. The van der Waals surface area contributed by atoms with E-state index in [1.165, 1.54) is 0 Å². The predicted octanol–water partition coefficient (Wildman–Crippen LogP) is 0.377. The largest absolute Gasteiger partial charge is 0.370 e. The highest BCUT2D eigenvalue weighted by Gasteiger charge is 2.57. The second kappa shape index (κ2) is 1.09. The summed E-state index contributed by atoms with van der Waals surface area (Å²) >= 11 is 0. The van der Waals surface area contributed by atoms with Gasteiger partial charge in [-0.1, -0.05) is 0 Å². The van der Waals surface area contributed by atoms with Crippen LogP contribution in [-0.4, -0.2) is 24.4 Å². The van der Waals surface area contributed by atoms with Gasteiger partial charge in [-0.3, -0.25) is 0 Å². The fourth-order valence-corrected chi connectivity index (χ4v) is 0.955. The van der Waals surface area contributed by atoms with E-state index in [0.717, 1.165) is 6.61 Å². The van der Waals surface area contributed by atoms with Crippen molar-refractivity contribution in [1.82, 2.24) is 0 Å². The summed E-state index contributed by atoms with van der Waals surface area (Å²) in [5.74, 6) is 0. The minimum absolute atomic E-state index is 0.124. The third kappa shape index (κ3) is 0.565. The van der Waals surface area contributed by atoms with Gasteiger partial charge in [0.15, 0.2) is 0 Å². The van der Waals surface area contributed by atoms with Crippen molar-refractivity contribution in [3.05, 3.63) is 6.92 Å². The lowest BCUT2D eigenvalue weighted by atomic mass is 10.1. The molecule has 2 aliphatic rings. The minimum atomic E-state index is -0.124. The molecule has 0 aromatic rings. The van der Waals surface area contributed by atoms with Crippen LogP contribution in [0.2, 0.25) is 0 Å². The molecular formula is C6H9O2. The summed E-state index contributed by atoms with van der Waals surface area (Å²) < 4.78 is 10.2. The van der Waals surface area contributed by atoms with Gasteiger partial charge >= 0.3 is 0 Å². The first-order valence-electron chi connectivity index (χ1n) is 2.85. The van der Waals surface area contributed by atoms with E-state index >= 15 is 0 Å². The van der Waals surface area contributed by atoms with Crippen LogP contribution in [0.15, 0.2) is 0 Å². The van der Waals surface area contributed by atoms with Gasteiger partial charge in [-0.25, -0.2) is 0 Å². The standard InChI is InChI=1S/C6H9O2/c1-6(2)5(8-6)4-3-7-4/h4-5H,1,3H2,2H3. The van der Waals surface area contributed by atoms with E-state index in [9.17, 15) is 0 Å². The molecule has 0 amide bonds. The van der Waals surface area contributed by atoms with Crippen LogP contribution in [0.3, 0.4) is 0 Å².